The molecule has 3 rings (SSSR count). The highest BCUT2D eigenvalue weighted by Gasteiger charge is 2.35. The fourth-order valence-corrected chi connectivity index (χ4v) is 3.80. The monoisotopic (exact) mass is 371 g/mol. The predicted molar refractivity (Wildman–Crippen MR) is 104 cm³/mol. The maximum atomic E-state index is 12.8. The van der Waals surface area contributed by atoms with Gasteiger partial charge in [0.25, 0.3) is 0 Å². The Morgan fingerprint density at radius 3 is 2.67 bits per heavy atom. The van der Waals surface area contributed by atoms with Gasteiger partial charge in [-0.25, -0.2) is 9.59 Å². The van der Waals surface area contributed by atoms with E-state index in [0.29, 0.717) is 30.5 Å². The fraction of sp³-hybridized carbons (Fsp3) is 0.524. The number of nitrogens with zero attached hydrogens (tertiary/aromatic N) is 1. The molecule has 0 radical (unpaired) electrons. The van der Waals surface area contributed by atoms with E-state index in [9.17, 15) is 9.59 Å². The Kier molecular flexibility index (Phi) is 6.16. The van der Waals surface area contributed by atoms with Crippen molar-refractivity contribution in [3.8, 4) is 0 Å². The van der Waals surface area contributed by atoms with Crippen LogP contribution < -0.4 is 10.6 Å². The average Bonchev–Trinajstić information content (AvgIpc) is 2.64. The molecule has 0 spiro atoms. The molecular formula is C21H29N3O3. The van der Waals surface area contributed by atoms with Gasteiger partial charge < -0.3 is 15.4 Å². The number of benzene rings is 1. The molecule has 27 heavy (non-hydrogen) atoms. The smallest absolute Gasteiger partial charge is 0.338 e. The van der Waals surface area contributed by atoms with E-state index >= 15 is 0 Å². The zero-order valence-corrected chi connectivity index (χ0v) is 16.4. The minimum absolute atomic E-state index is 0.284. The van der Waals surface area contributed by atoms with Gasteiger partial charge in [-0.3, -0.25) is 4.90 Å². The van der Waals surface area contributed by atoms with E-state index in [1.54, 1.807) is 6.92 Å². The average molecular weight is 371 g/mol. The molecule has 6 nitrogen and oxygen atoms in total. The summed E-state index contributed by atoms with van der Waals surface area (Å²) in [4.78, 5) is 27.5. The van der Waals surface area contributed by atoms with Gasteiger partial charge in [-0.1, -0.05) is 36.2 Å². The summed E-state index contributed by atoms with van der Waals surface area (Å²) in [5.41, 5.74) is 3.15. The van der Waals surface area contributed by atoms with Gasteiger partial charge in [0.05, 0.1) is 18.2 Å². The molecule has 0 unspecified atom stereocenters. The molecule has 0 saturated carbocycles. The van der Waals surface area contributed by atoms with Crippen LogP contribution in [-0.4, -0.2) is 42.6 Å². The third-order valence-corrected chi connectivity index (χ3v) is 5.36. The number of carbonyl (C=O) groups excluding carboxylic acids is 2. The molecule has 2 atom stereocenters. The van der Waals surface area contributed by atoms with Crippen LogP contribution in [0.3, 0.4) is 0 Å². The predicted octanol–water partition coefficient (Wildman–Crippen LogP) is 3.04. The number of nitrogens with one attached hydrogen (secondary N) is 2. The normalized spacial score (nSPS) is 23.6. The second kappa shape index (κ2) is 8.57. The van der Waals surface area contributed by atoms with E-state index < -0.39 is 6.04 Å². The van der Waals surface area contributed by atoms with Crippen LogP contribution in [0, 0.1) is 6.92 Å². The van der Waals surface area contributed by atoms with Gasteiger partial charge >= 0.3 is 12.0 Å². The Balaban J connectivity index is 1.98. The molecule has 1 aromatic carbocycles. The minimum Gasteiger partial charge on any atom is -0.463 e. The third kappa shape index (κ3) is 4.50. The van der Waals surface area contributed by atoms with Crippen molar-refractivity contribution in [3.63, 3.8) is 0 Å². The highest BCUT2D eigenvalue weighted by Crippen LogP contribution is 2.29. The summed E-state index contributed by atoms with van der Waals surface area (Å²) >= 11 is 0. The fourth-order valence-electron chi connectivity index (χ4n) is 3.80. The molecule has 2 aliphatic rings. The summed E-state index contributed by atoms with van der Waals surface area (Å²) in [6, 6.07) is 7.51. The molecule has 2 heterocycles. The minimum atomic E-state index is -0.506. The van der Waals surface area contributed by atoms with Crippen LogP contribution in [0.1, 0.15) is 50.3 Å². The van der Waals surface area contributed by atoms with Gasteiger partial charge in [0.2, 0.25) is 0 Å². The number of hydrogen-bond donors (Lipinski definition) is 2. The van der Waals surface area contributed by atoms with Crippen molar-refractivity contribution in [1.82, 2.24) is 15.5 Å². The van der Waals surface area contributed by atoms with E-state index in [-0.39, 0.29) is 12.0 Å². The van der Waals surface area contributed by atoms with Gasteiger partial charge in [-0.15, -0.1) is 0 Å². The van der Waals surface area contributed by atoms with Gasteiger partial charge in [-0.05, 0) is 45.7 Å². The van der Waals surface area contributed by atoms with Crippen molar-refractivity contribution < 1.29 is 14.3 Å². The first-order valence-corrected chi connectivity index (χ1v) is 9.78. The van der Waals surface area contributed by atoms with Gasteiger partial charge in [0.1, 0.15) is 0 Å². The summed E-state index contributed by atoms with van der Waals surface area (Å²) in [6.45, 7) is 7.81. The van der Waals surface area contributed by atoms with E-state index in [0.717, 1.165) is 30.5 Å². The second-order valence-electron chi connectivity index (χ2n) is 7.37. The lowest BCUT2D eigenvalue weighted by Crippen LogP contribution is -2.50. The Bertz CT molecular complexity index is 727. The molecule has 1 fully saturated rings. The first kappa shape index (κ1) is 19.4. The number of aryl methyl sites for hydroxylation is 1. The highest BCUT2D eigenvalue weighted by molar-refractivity contribution is 5.95. The molecule has 2 aliphatic heterocycles. The zero-order valence-electron chi connectivity index (χ0n) is 16.4. The summed E-state index contributed by atoms with van der Waals surface area (Å²) in [6.07, 6.45) is 3.50. The second-order valence-corrected chi connectivity index (χ2v) is 7.37. The largest absolute Gasteiger partial charge is 0.463 e. The van der Waals surface area contributed by atoms with Crippen LogP contribution in [0.15, 0.2) is 35.5 Å². The number of hydrogen-bond acceptors (Lipinski definition) is 4. The number of amides is 2. The molecule has 1 aromatic rings. The van der Waals surface area contributed by atoms with Crippen molar-refractivity contribution in [2.45, 2.75) is 52.1 Å². The molecular weight excluding hydrogens is 342 g/mol. The lowest BCUT2D eigenvalue weighted by molar-refractivity contribution is -0.139. The molecule has 0 aromatic heterocycles. The van der Waals surface area contributed by atoms with Crippen LogP contribution in [0.4, 0.5) is 4.79 Å². The standard InChI is InChI=1S/C21H29N3O3/c1-4-27-20(25)18-17(13-24-12-6-5-7-15(24)3)22-21(26)23-19(18)16-10-8-14(2)9-11-16/h8-11,15,19H,4-7,12-13H2,1-3H3,(H2,22,23,26)/t15-,19+/m1/s1. The van der Waals surface area contributed by atoms with Gasteiger partial charge in [0.15, 0.2) is 0 Å². The number of rotatable bonds is 5. The Labute approximate surface area is 161 Å². The molecule has 1 saturated heterocycles. The van der Waals surface area contributed by atoms with Crippen molar-refractivity contribution in [3.05, 3.63) is 46.7 Å². The number of esters is 1. The number of urea groups is 1. The Morgan fingerprint density at radius 1 is 1.26 bits per heavy atom. The molecule has 0 aliphatic carbocycles. The van der Waals surface area contributed by atoms with E-state index in [4.69, 9.17) is 4.74 Å². The summed E-state index contributed by atoms with van der Waals surface area (Å²) < 4.78 is 5.33. The lowest BCUT2D eigenvalue weighted by Gasteiger charge is -2.36. The first-order valence-electron chi connectivity index (χ1n) is 9.78. The quantitative estimate of drug-likeness (QED) is 0.781. The molecule has 6 heteroatoms. The number of likely N-dealkylation sites (tertiary alicyclic amines) is 1. The molecule has 146 valence electrons. The van der Waals surface area contributed by atoms with Crippen molar-refractivity contribution in [2.75, 3.05) is 19.7 Å². The van der Waals surface area contributed by atoms with Crippen molar-refractivity contribution in [2.24, 2.45) is 0 Å². The molecule has 2 amide bonds. The van der Waals surface area contributed by atoms with Crippen LogP contribution >= 0.6 is 0 Å². The van der Waals surface area contributed by atoms with Crippen LogP contribution in [-0.2, 0) is 9.53 Å². The van der Waals surface area contributed by atoms with Gasteiger partial charge in [-0.2, -0.15) is 0 Å². The summed E-state index contributed by atoms with van der Waals surface area (Å²) in [7, 11) is 0. The van der Waals surface area contributed by atoms with E-state index in [1.807, 2.05) is 31.2 Å². The topological polar surface area (TPSA) is 70.7 Å². The number of piperidine rings is 1. The van der Waals surface area contributed by atoms with Crippen molar-refractivity contribution in [1.29, 1.82) is 0 Å². The molecule has 0 bridgehead atoms. The van der Waals surface area contributed by atoms with Gasteiger partial charge in [0, 0.05) is 18.3 Å². The lowest BCUT2D eigenvalue weighted by atomic mass is 9.93. The van der Waals surface area contributed by atoms with E-state index in [1.165, 1.54) is 6.42 Å². The first-order chi connectivity index (χ1) is 13.0. The molecule has 2 N–H and O–H groups in total. The zero-order chi connectivity index (χ0) is 19.4. The third-order valence-electron chi connectivity index (χ3n) is 5.36. The number of carbonyl (C=O) groups is 2. The van der Waals surface area contributed by atoms with Crippen LogP contribution in [0.2, 0.25) is 0 Å². The van der Waals surface area contributed by atoms with Crippen LogP contribution in [0.25, 0.3) is 0 Å². The van der Waals surface area contributed by atoms with Crippen molar-refractivity contribution >= 4 is 12.0 Å². The summed E-state index contributed by atoms with van der Waals surface area (Å²) in [5.74, 6) is -0.379. The Morgan fingerprint density at radius 2 is 2.00 bits per heavy atom. The highest BCUT2D eigenvalue weighted by atomic mass is 16.5. The van der Waals surface area contributed by atoms with E-state index in [2.05, 4.69) is 22.5 Å². The maximum Gasteiger partial charge on any atom is 0.338 e. The van der Waals surface area contributed by atoms with Crippen LogP contribution in [0.5, 0.6) is 0 Å². The maximum absolute atomic E-state index is 12.8. The summed E-state index contributed by atoms with van der Waals surface area (Å²) in [5, 5.41) is 5.76. The Hall–Kier alpha value is -2.34. The number of ether oxygens (including phenoxy) is 1. The SMILES string of the molecule is CCOC(=O)C1=C(CN2CCCC[C@H]2C)NC(=O)N[C@H]1c1ccc(C)cc1.